The fourth-order valence-electron chi connectivity index (χ4n) is 4.26. The summed E-state index contributed by atoms with van der Waals surface area (Å²) in [6.07, 6.45) is 8.46. The van der Waals surface area contributed by atoms with E-state index < -0.39 is 0 Å². The number of thiazole rings is 1. The topological polar surface area (TPSA) is 67.3 Å². The summed E-state index contributed by atoms with van der Waals surface area (Å²) in [5.41, 5.74) is 8.10. The fourth-order valence-corrected chi connectivity index (χ4v) is 5.39. The van der Waals surface area contributed by atoms with Crippen LogP contribution < -0.4 is 0 Å². The highest BCUT2D eigenvalue weighted by molar-refractivity contribution is 7.15. The van der Waals surface area contributed by atoms with Gasteiger partial charge in [-0.3, -0.25) is 9.97 Å². The third kappa shape index (κ3) is 3.33. The summed E-state index contributed by atoms with van der Waals surface area (Å²) in [7, 11) is 0. The monoisotopic (exact) mass is 423 g/mol. The highest BCUT2D eigenvalue weighted by Crippen LogP contribution is 2.35. The number of pyridine rings is 2. The Labute approximate surface area is 184 Å². The van der Waals surface area contributed by atoms with Gasteiger partial charge in [0.05, 0.1) is 34.6 Å². The van der Waals surface area contributed by atoms with Crippen molar-refractivity contribution < 1.29 is 0 Å². The van der Waals surface area contributed by atoms with Gasteiger partial charge in [-0.05, 0) is 62.9 Å². The maximum atomic E-state index is 4.92. The van der Waals surface area contributed by atoms with Crippen LogP contribution in [-0.4, -0.2) is 24.9 Å². The fraction of sp³-hybridized carbons (Fsp3) is 0.200. The molecule has 0 aliphatic heterocycles. The van der Waals surface area contributed by atoms with Crippen LogP contribution >= 0.6 is 11.3 Å². The molecule has 0 unspecified atom stereocenters. The van der Waals surface area contributed by atoms with Crippen molar-refractivity contribution in [1.82, 2.24) is 24.9 Å². The minimum Gasteiger partial charge on any atom is -0.343 e. The maximum absolute atomic E-state index is 4.92. The van der Waals surface area contributed by atoms with E-state index in [1.165, 1.54) is 23.4 Å². The first kappa shape index (κ1) is 18.4. The molecule has 5 nitrogen and oxygen atoms in total. The van der Waals surface area contributed by atoms with Crippen molar-refractivity contribution >= 4 is 22.2 Å². The molecule has 1 aliphatic carbocycles. The molecule has 0 radical (unpaired) electrons. The van der Waals surface area contributed by atoms with Crippen LogP contribution in [0.15, 0.2) is 55.0 Å². The van der Waals surface area contributed by atoms with Crippen molar-refractivity contribution in [1.29, 1.82) is 0 Å². The van der Waals surface area contributed by atoms with Gasteiger partial charge in [0.2, 0.25) is 0 Å². The lowest BCUT2D eigenvalue weighted by molar-refractivity contribution is 0.682. The Morgan fingerprint density at radius 1 is 0.935 bits per heavy atom. The summed E-state index contributed by atoms with van der Waals surface area (Å²) in [5.74, 6) is 0. The zero-order chi connectivity index (χ0) is 20.8. The van der Waals surface area contributed by atoms with Crippen molar-refractivity contribution in [2.24, 2.45) is 0 Å². The Balaban J connectivity index is 1.42. The van der Waals surface area contributed by atoms with Crippen molar-refractivity contribution in [3.8, 4) is 33.2 Å². The highest BCUT2D eigenvalue weighted by Gasteiger charge is 2.17. The van der Waals surface area contributed by atoms with Crippen molar-refractivity contribution in [3.05, 3.63) is 71.3 Å². The first-order valence-corrected chi connectivity index (χ1v) is 11.4. The molecule has 5 aromatic rings. The van der Waals surface area contributed by atoms with E-state index in [2.05, 4.69) is 39.2 Å². The second-order valence-corrected chi connectivity index (χ2v) is 9.10. The molecular weight excluding hydrogens is 402 g/mol. The molecule has 0 saturated heterocycles. The van der Waals surface area contributed by atoms with Crippen molar-refractivity contribution in [2.45, 2.75) is 32.6 Å². The minimum atomic E-state index is 0.896. The van der Waals surface area contributed by atoms with Crippen LogP contribution in [0.1, 0.15) is 29.1 Å². The maximum Gasteiger partial charge on any atom is 0.125 e. The van der Waals surface area contributed by atoms with Gasteiger partial charge in [0.15, 0.2) is 0 Å². The van der Waals surface area contributed by atoms with Crippen LogP contribution in [0.25, 0.3) is 44.1 Å². The first-order chi connectivity index (χ1) is 15.2. The number of hydrogen-bond donors (Lipinski definition) is 1. The minimum absolute atomic E-state index is 0.896. The molecule has 6 rings (SSSR count). The summed E-state index contributed by atoms with van der Waals surface area (Å²) in [4.78, 5) is 23.6. The normalized spacial score (nSPS) is 13.5. The van der Waals surface area contributed by atoms with E-state index in [1.54, 1.807) is 6.33 Å². The molecule has 4 aromatic heterocycles. The molecule has 0 amide bonds. The Bertz CT molecular complexity index is 1390. The smallest absolute Gasteiger partial charge is 0.125 e. The van der Waals surface area contributed by atoms with Gasteiger partial charge in [0.1, 0.15) is 5.01 Å². The van der Waals surface area contributed by atoms with Gasteiger partial charge < -0.3 is 4.98 Å². The Hall–Kier alpha value is -3.38. The van der Waals surface area contributed by atoms with Gasteiger partial charge >= 0.3 is 0 Å². The third-order valence-corrected chi connectivity index (χ3v) is 7.04. The van der Waals surface area contributed by atoms with E-state index in [1.807, 2.05) is 42.7 Å². The molecule has 6 heteroatoms. The van der Waals surface area contributed by atoms with E-state index >= 15 is 0 Å². The number of nitrogens with one attached hydrogen (secondary N) is 1. The average Bonchev–Trinajstić information content (AvgIpc) is 3.46. The number of hydrogen-bond acceptors (Lipinski definition) is 5. The van der Waals surface area contributed by atoms with Gasteiger partial charge in [-0.2, -0.15) is 0 Å². The van der Waals surface area contributed by atoms with Crippen LogP contribution in [0.4, 0.5) is 0 Å². The number of aryl methyl sites for hydroxylation is 3. The number of aromatic nitrogens is 5. The lowest BCUT2D eigenvalue weighted by Crippen LogP contribution is -1.98. The Morgan fingerprint density at radius 3 is 2.74 bits per heavy atom. The molecule has 0 atom stereocenters. The van der Waals surface area contributed by atoms with Crippen LogP contribution in [0, 0.1) is 6.92 Å². The molecule has 0 fully saturated rings. The van der Waals surface area contributed by atoms with Gasteiger partial charge in [0, 0.05) is 33.3 Å². The largest absolute Gasteiger partial charge is 0.343 e. The Kier molecular flexibility index (Phi) is 4.39. The zero-order valence-corrected chi connectivity index (χ0v) is 18.0. The van der Waals surface area contributed by atoms with E-state index in [0.29, 0.717) is 0 Å². The molecule has 0 saturated carbocycles. The molecule has 1 aliphatic rings. The van der Waals surface area contributed by atoms with Gasteiger partial charge in [-0.1, -0.05) is 12.1 Å². The van der Waals surface area contributed by atoms with Crippen LogP contribution in [0.2, 0.25) is 0 Å². The Morgan fingerprint density at radius 2 is 1.84 bits per heavy atom. The van der Waals surface area contributed by atoms with Gasteiger partial charge in [-0.15, -0.1) is 11.3 Å². The number of benzene rings is 1. The second-order valence-electron chi connectivity index (χ2n) is 8.02. The van der Waals surface area contributed by atoms with Crippen LogP contribution in [0.5, 0.6) is 0 Å². The molecular formula is C25H21N5S. The lowest BCUT2D eigenvalue weighted by atomic mass is 10.0. The molecule has 0 bridgehead atoms. The number of rotatable bonds is 3. The summed E-state index contributed by atoms with van der Waals surface area (Å²) >= 11 is 1.82. The number of nitrogens with zero attached hydrogens (tertiary/aromatic N) is 4. The quantitative estimate of drug-likeness (QED) is 0.387. The zero-order valence-electron chi connectivity index (χ0n) is 17.2. The molecule has 152 valence electrons. The molecule has 0 spiro atoms. The predicted molar refractivity (Wildman–Crippen MR) is 125 cm³/mol. The van der Waals surface area contributed by atoms with Crippen LogP contribution in [-0.2, 0) is 12.8 Å². The van der Waals surface area contributed by atoms with E-state index in [9.17, 15) is 0 Å². The number of aromatic amines is 1. The number of H-pyrrole nitrogens is 1. The number of imidazole rings is 1. The first-order valence-electron chi connectivity index (χ1n) is 10.6. The summed E-state index contributed by atoms with van der Waals surface area (Å²) in [5, 5.41) is 2.17. The molecule has 1 N–H and O–H groups in total. The van der Waals surface area contributed by atoms with E-state index in [0.717, 1.165) is 62.7 Å². The average molecular weight is 424 g/mol. The van der Waals surface area contributed by atoms with Crippen molar-refractivity contribution in [3.63, 3.8) is 0 Å². The van der Waals surface area contributed by atoms with Crippen LogP contribution in [0.3, 0.4) is 0 Å². The van der Waals surface area contributed by atoms with Gasteiger partial charge in [0.25, 0.3) is 0 Å². The summed E-state index contributed by atoms with van der Waals surface area (Å²) in [6, 6.07) is 14.5. The van der Waals surface area contributed by atoms with Crippen molar-refractivity contribution in [2.75, 3.05) is 0 Å². The SMILES string of the molecule is Cc1cccc(-c2[nH]cnc2-c2ccc3ncc(-c4nc5c(s4)CCCC5)cc3c2)n1. The molecule has 4 heterocycles. The van der Waals surface area contributed by atoms with E-state index in [4.69, 9.17) is 9.97 Å². The molecule has 31 heavy (non-hydrogen) atoms. The second kappa shape index (κ2) is 7.39. The standard InChI is InChI=1S/C25H21N5S/c1-15-5-4-7-21(29-15)24-23(27-14-28-24)16-9-10-19-17(11-16)12-18(13-26-19)25-30-20-6-2-3-8-22(20)31-25/h4-5,7,9-14H,2-3,6,8H2,1H3,(H,27,28). The summed E-state index contributed by atoms with van der Waals surface area (Å²) in [6.45, 7) is 2.00. The van der Waals surface area contributed by atoms with Gasteiger partial charge in [-0.25, -0.2) is 9.97 Å². The highest BCUT2D eigenvalue weighted by atomic mass is 32.1. The molecule has 1 aromatic carbocycles. The lowest BCUT2D eigenvalue weighted by Gasteiger charge is -2.06. The van der Waals surface area contributed by atoms with E-state index in [-0.39, 0.29) is 0 Å². The summed E-state index contributed by atoms with van der Waals surface area (Å²) < 4.78 is 0. The predicted octanol–water partition coefficient (Wildman–Crippen LogP) is 6.00. The third-order valence-electron chi connectivity index (χ3n) is 5.83. The number of fused-ring (bicyclic) bond motifs is 2.